The maximum Gasteiger partial charge on any atom is 0.231 e. The molecule has 1 aliphatic rings. The van der Waals surface area contributed by atoms with Gasteiger partial charge in [-0.25, -0.2) is 4.98 Å². The molecule has 0 bridgehead atoms. The number of pyridine rings is 1. The number of nitrogens with zero attached hydrogens (tertiary/aromatic N) is 1. The molecule has 1 heterocycles. The van der Waals surface area contributed by atoms with Crippen LogP contribution in [0.1, 0.15) is 12.8 Å². The Kier molecular flexibility index (Phi) is 2.40. The molecular weight excluding hydrogens is 234 g/mol. The van der Waals surface area contributed by atoms with Crippen molar-refractivity contribution >= 4 is 15.9 Å². The number of aromatic nitrogens is 1. The molecule has 0 N–H and O–H groups in total. The Morgan fingerprint density at radius 2 is 2.31 bits per heavy atom. The Hall–Kier alpha value is -0.770. The summed E-state index contributed by atoms with van der Waals surface area (Å²) in [6.07, 6.45) is 4.37. The fraction of sp³-hybridized carbons (Fsp3) is 0.444. The van der Waals surface area contributed by atoms with E-state index < -0.39 is 0 Å². The molecule has 1 aromatic heterocycles. The first-order chi connectivity index (χ1) is 6.31. The molecule has 0 atom stereocenters. The van der Waals surface area contributed by atoms with Crippen LogP contribution in [0, 0.1) is 0 Å². The highest BCUT2D eigenvalue weighted by atomic mass is 79.9. The van der Waals surface area contributed by atoms with Gasteiger partial charge in [-0.3, -0.25) is 0 Å². The van der Waals surface area contributed by atoms with E-state index in [0.29, 0.717) is 12.0 Å². The van der Waals surface area contributed by atoms with Gasteiger partial charge in [-0.2, -0.15) is 0 Å². The van der Waals surface area contributed by atoms with E-state index in [1.807, 2.05) is 6.07 Å². The second-order valence-corrected chi connectivity index (χ2v) is 3.74. The Bertz CT molecular complexity index is 312. The Morgan fingerprint density at radius 3 is 2.92 bits per heavy atom. The fourth-order valence-electron chi connectivity index (χ4n) is 1.01. The SMILES string of the molecule is COc1nccc(OC2CC2)c1Br. The van der Waals surface area contributed by atoms with Crippen molar-refractivity contribution in [3.05, 3.63) is 16.7 Å². The second-order valence-electron chi connectivity index (χ2n) is 2.95. The van der Waals surface area contributed by atoms with Crippen molar-refractivity contribution in [2.75, 3.05) is 7.11 Å². The Morgan fingerprint density at radius 1 is 1.54 bits per heavy atom. The molecule has 3 nitrogen and oxygen atoms in total. The Balaban J connectivity index is 2.22. The smallest absolute Gasteiger partial charge is 0.231 e. The lowest BCUT2D eigenvalue weighted by atomic mass is 10.4. The highest BCUT2D eigenvalue weighted by Crippen LogP contribution is 2.35. The van der Waals surface area contributed by atoms with Gasteiger partial charge < -0.3 is 9.47 Å². The van der Waals surface area contributed by atoms with Gasteiger partial charge in [0.25, 0.3) is 0 Å². The van der Waals surface area contributed by atoms with Gasteiger partial charge in [-0.15, -0.1) is 0 Å². The predicted molar refractivity (Wildman–Crippen MR) is 52.1 cm³/mol. The van der Waals surface area contributed by atoms with Gasteiger partial charge >= 0.3 is 0 Å². The molecule has 0 radical (unpaired) electrons. The molecule has 0 saturated heterocycles. The summed E-state index contributed by atoms with van der Waals surface area (Å²) in [6.45, 7) is 0. The summed E-state index contributed by atoms with van der Waals surface area (Å²) in [7, 11) is 1.59. The van der Waals surface area contributed by atoms with Gasteiger partial charge in [0.2, 0.25) is 5.88 Å². The summed E-state index contributed by atoms with van der Waals surface area (Å²) in [5.41, 5.74) is 0. The lowest BCUT2D eigenvalue weighted by Gasteiger charge is -2.08. The number of methoxy groups -OCH3 is 1. The van der Waals surface area contributed by atoms with Crippen molar-refractivity contribution in [3.63, 3.8) is 0 Å². The van der Waals surface area contributed by atoms with Crippen LogP contribution in [0.5, 0.6) is 11.6 Å². The first-order valence-corrected chi connectivity index (χ1v) is 4.95. The molecule has 4 heteroatoms. The van der Waals surface area contributed by atoms with Crippen LogP contribution in [-0.4, -0.2) is 18.2 Å². The van der Waals surface area contributed by atoms with Gasteiger partial charge in [0.05, 0.1) is 13.2 Å². The standard InChI is InChI=1S/C9H10BrNO2/c1-12-9-8(10)7(4-5-11-9)13-6-2-3-6/h4-6H,2-3H2,1H3. The molecule has 0 aromatic carbocycles. The highest BCUT2D eigenvalue weighted by molar-refractivity contribution is 9.10. The number of halogens is 1. The molecule has 1 fully saturated rings. The minimum absolute atomic E-state index is 0.392. The molecular formula is C9H10BrNO2. The highest BCUT2D eigenvalue weighted by Gasteiger charge is 2.25. The lowest BCUT2D eigenvalue weighted by molar-refractivity contribution is 0.297. The van der Waals surface area contributed by atoms with Crippen molar-refractivity contribution in [2.24, 2.45) is 0 Å². The van der Waals surface area contributed by atoms with E-state index in [1.165, 1.54) is 0 Å². The topological polar surface area (TPSA) is 31.4 Å². The summed E-state index contributed by atoms with van der Waals surface area (Å²) in [5, 5.41) is 0. The molecule has 1 aromatic rings. The summed E-state index contributed by atoms with van der Waals surface area (Å²) < 4.78 is 11.5. The zero-order chi connectivity index (χ0) is 9.26. The van der Waals surface area contributed by atoms with Crippen LogP contribution in [0.25, 0.3) is 0 Å². The third-order valence-corrected chi connectivity index (χ3v) is 2.56. The van der Waals surface area contributed by atoms with Gasteiger partial charge in [-0.05, 0) is 34.8 Å². The zero-order valence-electron chi connectivity index (χ0n) is 7.29. The third kappa shape index (κ3) is 1.94. The molecule has 2 rings (SSSR count). The quantitative estimate of drug-likeness (QED) is 0.818. The number of ether oxygens (including phenoxy) is 2. The number of hydrogen-bond donors (Lipinski definition) is 0. The van der Waals surface area contributed by atoms with Gasteiger partial charge in [0.1, 0.15) is 10.2 Å². The number of hydrogen-bond acceptors (Lipinski definition) is 3. The molecule has 1 saturated carbocycles. The first-order valence-electron chi connectivity index (χ1n) is 4.16. The molecule has 0 amide bonds. The van der Waals surface area contributed by atoms with Crippen molar-refractivity contribution in [3.8, 4) is 11.6 Å². The third-order valence-electron chi connectivity index (χ3n) is 1.83. The molecule has 0 unspecified atom stereocenters. The van der Waals surface area contributed by atoms with Crippen LogP contribution < -0.4 is 9.47 Å². The lowest BCUT2D eigenvalue weighted by Crippen LogP contribution is -1.98. The van der Waals surface area contributed by atoms with Crippen LogP contribution >= 0.6 is 15.9 Å². The van der Waals surface area contributed by atoms with E-state index in [-0.39, 0.29) is 0 Å². The van der Waals surface area contributed by atoms with Crippen LogP contribution in [-0.2, 0) is 0 Å². The van der Waals surface area contributed by atoms with E-state index in [2.05, 4.69) is 20.9 Å². The van der Waals surface area contributed by atoms with Gasteiger partial charge in [-0.1, -0.05) is 0 Å². The minimum atomic E-state index is 0.392. The monoisotopic (exact) mass is 243 g/mol. The van der Waals surface area contributed by atoms with Crippen molar-refractivity contribution in [1.29, 1.82) is 0 Å². The van der Waals surface area contributed by atoms with Crippen molar-refractivity contribution in [2.45, 2.75) is 18.9 Å². The van der Waals surface area contributed by atoms with Gasteiger partial charge in [0.15, 0.2) is 0 Å². The summed E-state index contributed by atoms with van der Waals surface area (Å²) in [4.78, 5) is 4.04. The minimum Gasteiger partial charge on any atom is -0.489 e. The fourth-order valence-corrected chi connectivity index (χ4v) is 1.50. The van der Waals surface area contributed by atoms with E-state index in [9.17, 15) is 0 Å². The average molecular weight is 244 g/mol. The molecule has 70 valence electrons. The summed E-state index contributed by atoms with van der Waals surface area (Å²) >= 11 is 3.39. The first kappa shape index (κ1) is 8.81. The largest absolute Gasteiger partial charge is 0.489 e. The predicted octanol–water partition coefficient (Wildman–Crippen LogP) is 2.39. The molecule has 1 aliphatic carbocycles. The van der Waals surface area contributed by atoms with Crippen LogP contribution in [0.15, 0.2) is 16.7 Å². The van der Waals surface area contributed by atoms with E-state index in [4.69, 9.17) is 9.47 Å². The molecule has 0 aliphatic heterocycles. The maximum atomic E-state index is 5.63. The molecule has 0 spiro atoms. The zero-order valence-corrected chi connectivity index (χ0v) is 8.87. The van der Waals surface area contributed by atoms with Crippen molar-refractivity contribution in [1.82, 2.24) is 4.98 Å². The normalized spacial score (nSPS) is 15.5. The van der Waals surface area contributed by atoms with E-state index in [1.54, 1.807) is 13.3 Å². The van der Waals surface area contributed by atoms with Crippen LogP contribution in [0.4, 0.5) is 0 Å². The molecule has 13 heavy (non-hydrogen) atoms. The maximum absolute atomic E-state index is 5.63. The van der Waals surface area contributed by atoms with Crippen LogP contribution in [0.2, 0.25) is 0 Å². The van der Waals surface area contributed by atoms with Crippen molar-refractivity contribution < 1.29 is 9.47 Å². The van der Waals surface area contributed by atoms with E-state index >= 15 is 0 Å². The van der Waals surface area contributed by atoms with Crippen LogP contribution in [0.3, 0.4) is 0 Å². The number of rotatable bonds is 3. The van der Waals surface area contributed by atoms with E-state index in [0.717, 1.165) is 23.1 Å². The second kappa shape index (κ2) is 3.54. The van der Waals surface area contributed by atoms with Gasteiger partial charge in [0, 0.05) is 6.20 Å². The Labute approximate surface area is 85.2 Å². The summed E-state index contributed by atoms with van der Waals surface area (Å²) in [6, 6.07) is 1.84. The summed E-state index contributed by atoms with van der Waals surface area (Å²) in [5.74, 6) is 1.38. The average Bonchev–Trinajstić information content (AvgIpc) is 2.92.